The molecule has 1 spiro atoms. The number of aryl methyl sites for hydroxylation is 2. The Balaban J connectivity index is 1.43. The highest BCUT2D eigenvalue weighted by atomic mass is 32.1. The van der Waals surface area contributed by atoms with Crippen LogP contribution in [-0.4, -0.2) is 49.2 Å². The van der Waals surface area contributed by atoms with Crippen LogP contribution >= 0.6 is 11.3 Å². The van der Waals surface area contributed by atoms with Gasteiger partial charge in [-0.1, -0.05) is 11.3 Å². The van der Waals surface area contributed by atoms with Crippen molar-refractivity contribution in [3.05, 3.63) is 46.1 Å². The number of hydrogen-bond acceptors (Lipinski definition) is 7. The van der Waals surface area contributed by atoms with E-state index in [2.05, 4.69) is 15.2 Å². The van der Waals surface area contributed by atoms with Crippen molar-refractivity contribution in [2.24, 2.45) is 0 Å². The van der Waals surface area contributed by atoms with Gasteiger partial charge in [0.05, 0.1) is 16.8 Å². The zero-order chi connectivity index (χ0) is 19.8. The van der Waals surface area contributed by atoms with E-state index in [0.29, 0.717) is 4.96 Å². The fourth-order valence-corrected chi connectivity index (χ4v) is 5.11. The molecule has 2 fully saturated rings. The van der Waals surface area contributed by atoms with E-state index in [4.69, 9.17) is 10.1 Å². The Bertz CT molecular complexity index is 1330. The third-order valence-electron chi connectivity index (χ3n) is 5.89. The summed E-state index contributed by atoms with van der Waals surface area (Å²) in [4.78, 5) is 26.0. The Kier molecular flexibility index (Phi) is 3.46. The van der Waals surface area contributed by atoms with Gasteiger partial charge in [0, 0.05) is 37.4 Å². The van der Waals surface area contributed by atoms with Crippen LogP contribution in [0.5, 0.6) is 0 Å². The van der Waals surface area contributed by atoms with Crippen molar-refractivity contribution in [3.63, 3.8) is 0 Å². The normalized spacial score (nSPS) is 18.2. The Hall–Kier alpha value is -2.78. The fraction of sp³-hybridized carbons (Fsp3) is 0.400. The van der Waals surface area contributed by atoms with Gasteiger partial charge < -0.3 is 10.2 Å². The first-order valence-corrected chi connectivity index (χ1v) is 10.7. The summed E-state index contributed by atoms with van der Waals surface area (Å²) in [6, 6.07) is 3.68. The summed E-state index contributed by atoms with van der Waals surface area (Å²) in [5.41, 5.74) is 3.86. The van der Waals surface area contributed by atoms with Crippen molar-refractivity contribution in [2.45, 2.75) is 32.2 Å². The third kappa shape index (κ3) is 2.76. The number of rotatable bonds is 2. The minimum absolute atomic E-state index is 0.0489. The molecule has 0 radical (unpaired) electrons. The second kappa shape index (κ2) is 5.87. The number of piperazine rings is 1. The Morgan fingerprint density at radius 1 is 1.17 bits per heavy atom. The summed E-state index contributed by atoms with van der Waals surface area (Å²) >= 11 is 1.50. The topological polar surface area (TPSA) is 79.8 Å². The number of thiazole rings is 1. The Morgan fingerprint density at radius 2 is 2.03 bits per heavy atom. The summed E-state index contributed by atoms with van der Waals surface area (Å²) < 4.78 is 3.43. The number of nitrogens with one attached hydrogen (secondary N) is 1. The molecular weight excluding hydrogens is 386 g/mol. The van der Waals surface area contributed by atoms with E-state index in [1.165, 1.54) is 24.2 Å². The lowest BCUT2D eigenvalue weighted by Crippen LogP contribution is -2.53. The van der Waals surface area contributed by atoms with Gasteiger partial charge in [-0.2, -0.15) is 5.10 Å². The van der Waals surface area contributed by atoms with Crippen LogP contribution in [0.15, 0.2) is 29.3 Å². The van der Waals surface area contributed by atoms with Crippen LogP contribution < -0.4 is 15.8 Å². The first-order chi connectivity index (χ1) is 14.0. The summed E-state index contributed by atoms with van der Waals surface area (Å²) in [5.74, 6) is 0.779. The van der Waals surface area contributed by atoms with E-state index in [0.717, 1.165) is 52.9 Å². The molecule has 1 aliphatic heterocycles. The van der Waals surface area contributed by atoms with Crippen LogP contribution in [0.1, 0.15) is 24.1 Å². The summed E-state index contributed by atoms with van der Waals surface area (Å²) in [5, 5.41) is 8.30. The highest BCUT2D eigenvalue weighted by Gasteiger charge is 2.45. The molecule has 1 saturated carbocycles. The molecule has 1 N–H and O–H groups in total. The van der Waals surface area contributed by atoms with Gasteiger partial charge in [0.1, 0.15) is 11.5 Å². The first-order valence-electron chi connectivity index (χ1n) is 9.87. The maximum Gasteiger partial charge on any atom is 0.260 e. The number of hydrogen-bond donors (Lipinski definition) is 1. The van der Waals surface area contributed by atoms with Crippen LogP contribution in [0.3, 0.4) is 0 Å². The van der Waals surface area contributed by atoms with Crippen molar-refractivity contribution >= 4 is 27.8 Å². The van der Waals surface area contributed by atoms with Crippen LogP contribution in [0, 0.1) is 13.8 Å². The minimum Gasteiger partial charge on any atom is -0.353 e. The molecule has 0 amide bonds. The van der Waals surface area contributed by atoms with Gasteiger partial charge in [0.2, 0.25) is 0 Å². The first kappa shape index (κ1) is 17.1. The molecule has 4 aromatic rings. The lowest BCUT2D eigenvalue weighted by Gasteiger charge is -2.34. The predicted octanol–water partition coefficient (Wildman–Crippen LogP) is 2.02. The highest BCUT2D eigenvalue weighted by molar-refractivity contribution is 7.20. The number of anilines is 1. The van der Waals surface area contributed by atoms with E-state index >= 15 is 0 Å². The van der Waals surface area contributed by atoms with E-state index in [1.54, 1.807) is 10.5 Å². The zero-order valence-corrected chi connectivity index (χ0v) is 17.2. The molecule has 0 bridgehead atoms. The van der Waals surface area contributed by atoms with E-state index in [-0.39, 0.29) is 11.1 Å². The molecule has 0 unspecified atom stereocenters. The molecule has 6 rings (SSSR count). The molecule has 1 saturated heterocycles. The molecule has 29 heavy (non-hydrogen) atoms. The number of imidazole rings is 1. The molecule has 148 valence electrons. The number of nitrogens with zero attached hydrogens (tertiary/aromatic N) is 6. The molecule has 0 atom stereocenters. The quantitative estimate of drug-likeness (QED) is 0.548. The molecule has 4 aromatic heterocycles. The SMILES string of the molecule is Cc1cn2nc(-c3cn4c(=O)cc(N5CCNC6(CC6)C5)nc4s3)cc(C)c2n1. The van der Waals surface area contributed by atoms with E-state index in [1.807, 2.05) is 36.8 Å². The number of aromatic nitrogens is 5. The molecular formula is C20H21N7OS. The average molecular weight is 408 g/mol. The van der Waals surface area contributed by atoms with Crippen LogP contribution in [-0.2, 0) is 0 Å². The molecule has 0 aromatic carbocycles. The van der Waals surface area contributed by atoms with Gasteiger partial charge in [-0.3, -0.25) is 9.20 Å². The maximum atomic E-state index is 12.8. The largest absolute Gasteiger partial charge is 0.353 e. The van der Waals surface area contributed by atoms with Gasteiger partial charge in [0.25, 0.3) is 5.56 Å². The van der Waals surface area contributed by atoms with Crippen molar-refractivity contribution in [3.8, 4) is 10.6 Å². The molecule has 2 aliphatic rings. The highest BCUT2D eigenvalue weighted by Crippen LogP contribution is 2.38. The molecule has 9 heteroatoms. The van der Waals surface area contributed by atoms with Gasteiger partial charge in [-0.05, 0) is 38.3 Å². The van der Waals surface area contributed by atoms with Crippen LogP contribution in [0.2, 0.25) is 0 Å². The summed E-state index contributed by atoms with van der Waals surface area (Å²) in [6.07, 6.45) is 6.17. The average Bonchev–Trinajstić information content (AvgIpc) is 3.12. The lowest BCUT2D eigenvalue weighted by molar-refractivity contribution is 0.440. The van der Waals surface area contributed by atoms with Crippen LogP contribution in [0.25, 0.3) is 21.2 Å². The van der Waals surface area contributed by atoms with E-state index in [9.17, 15) is 4.79 Å². The minimum atomic E-state index is -0.0489. The van der Waals surface area contributed by atoms with Crippen molar-refractivity contribution < 1.29 is 0 Å². The lowest BCUT2D eigenvalue weighted by atomic mass is 10.2. The smallest absolute Gasteiger partial charge is 0.260 e. The van der Waals surface area contributed by atoms with Crippen LogP contribution in [0.4, 0.5) is 5.82 Å². The zero-order valence-electron chi connectivity index (χ0n) is 16.3. The van der Waals surface area contributed by atoms with Gasteiger partial charge >= 0.3 is 0 Å². The van der Waals surface area contributed by atoms with Crippen molar-refractivity contribution in [1.82, 2.24) is 29.3 Å². The van der Waals surface area contributed by atoms with Gasteiger partial charge in [0.15, 0.2) is 10.6 Å². The van der Waals surface area contributed by atoms with E-state index < -0.39 is 0 Å². The molecule has 8 nitrogen and oxygen atoms in total. The van der Waals surface area contributed by atoms with Gasteiger partial charge in [-0.15, -0.1) is 0 Å². The summed E-state index contributed by atoms with van der Waals surface area (Å²) in [6.45, 7) is 6.72. The number of fused-ring (bicyclic) bond motifs is 2. The Morgan fingerprint density at radius 3 is 2.86 bits per heavy atom. The molecule has 1 aliphatic carbocycles. The predicted molar refractivity (Wildman–Crippen MR) is 113 cm³/mol. The second-order valence-electron chi connectivity index (χ2n) is 8.19. The third-order valence-corrected chi connectivity index (χ3v) is 6.89. The standard InChI is InChI=1S/C20H21N7OS/c1-12-7-14(24-27-9-13(2)22-18(12)27)15-10-26-17(28)8-16(23-19(26)29-15)25-6-5-21-20(11-25)3-4-20/h7-10,21H,3-6,11H2,1-2H3. The van der Waals surface area contributed by atoms with Crippen molar-refractivity contribution in [2.75, 3.05) is 24.5 Å². The van der Waals surface area contributed by atoms with Gasteiger partial charge in [-0.25, -0.2) is 14.5 Å². The second-order valence-corrected chi connectivity index (χ2v) is 9.20. The summed E-state index contributed by atoms with van der Waals surface area (Å²) in [7, 11) is 0. The maximum absolute atomic E-state index is 12.8. The molecule has 5 heterocycles. The fourth-order valence-electron chi connectivity index (χ4n) is 4.17. The van der Waals surface area contributed by atoms with Crippen molar-refractivity contribution in [1.29, 1.82) is 0 Å². The Labute approximate surface area is 170 Å². The monoisotopic (exact) mass is 407 g/mol.